The van der Waals surface area contributed by atoms with E-state index in [-0.39, 0.29) is 6.61 Å². The van der Waals surface area contributed by atoms with E-state index in [0.717, 1.165) is 32.5 Å². The zero-order valence-corrected chi connectivity index (χ0v) is 12.4. The molecule has 1 aliphatic rings. The molecule has 0 bridgehead atoms. The van der Waals surface area contributed by atoms with Crippen LogP contribution in [0, 0.1) is 0 Å². The molecule has 0 amide bonds. The van der Waals surface area contributed by atoms with Crippen molar-refractivity contribution >= 4 is 0 Å². The molecule has 2 aromatic rings. The molecule has 4 nitrogen and oxygen atoms in total. The average molecular weight is 285 g/mol. The topological polar surface area (TPSA) is 41.3 Å². The molecule has 0 radical (unpaired) electrons. The second-order valence-corrected chi connectivity index (χ2v) is 5.64. The van der Waals surface area contributed by atoms with Crippen LogP contribution < -0.4 is 0 Å². The van der Waals surface area contributed by atoms with Gasteiger partial charge in [0.2, 0.25) is 0 Å². The first-order valence-corrected chi connectivity index (χ1v) is 7.78. The van der Waals surface area contributed by atoms with Crippen LogP contribution in [-0.2, 0) is 13.0 Å². The van der Waals surface area contributed by atoms with Crippen molar-refractivity contribution in [3.8, 4) is 0 Å². The van der Waals surface area contributed by atoms with Crippen LogP contribution >= 0.6 is 0 Å². The van der Waals surface area contributed by atoms with Crippen molar-refractivity contribution in [2.24, 2.45) is 0 Å². The molecule has 0 saturated carbocycles. The van der Waals surface area contributed by atoms with Gasteiger partial charge >= 0.3 is 0 Å². The summed E-state index contributed by atoms with van der Waals surface area (Å²) in [6.45, 7) is 3.07. The van der Waals surface area contributed by atoms with Crippen LogP contribution in [-0.4, -0.2) is 39.5 Å². The van der Waals surface area contributed by atoms with Crippen molar-refractivity contribution in [2.75, 3.05) is 19.7 Å². The third-order valence-corrected chi connectivity index (χ3v) is 4.32. The van der Waals surface area contributed by atoms with E-state index in [1.54, 1.807) is 0 Å². The average Bonchev–Trinajstić information content (AvgIpc) is 3.17. The summed E-state index contributed by atoms with van der Waals surface area (Å²) in [4.78, 5) is 2.50. The Morgan fingerprint density at radius 3 is 2.95 bits per heavy atom. The summed E-state index contributed by atoms with van der Waals surface area (Å²) in [5.74, 6) is 0. The van der Waals surface area contributed by atoms with Crippen LogP contribution in [0.5, 0.6) is 0 Å². The number of hydrogen-bond acceptors (Lipinski definition) is 3. The summed E-state index contributed by atoms with van der Waals surface area (Å²) in [5, 5.41) is 13.4. The van der Waals surface area contributed by atoms with Crippen molar-refractivity contribution < 1.29 is 5.11 Å². The Morgan fingerprint density at radius 2 is 2.14 bits per heavy atom. The maximum absolute atomic E-state index is 9.16. The fourth-order valence-corrected chi connectivity index (χ4v) is 3.27. The lowest BCUT2D eigenvalue weighted by molar-refractivity contribution is 0.166. The smallest absolute Gasteiger partial charge is 0.0536 e. The number of rotatable bonds is 7. The molecule has 1 aromatic heterocycles. The van der Waals surface area contributed by atoms with Gasteiger partial charge < -0.3 is 5.11 Å². The van der Waals surface area contributed by atoms with Gasteiger partial charge in [-0.05, 0) is 36.5 Å². The molecule has 0 aliphatic heterocycles. The molecule has 1 heterocycles. The summed E-state index contributed by atoms with van der Waals surface area (Å²) in [6, 6.07) is 11.2. The first kappa shape index (κ1) is 14.3. The number of fused-ring (bicyclic) bond motifs is 1. The van der Waals surface area contributed by atoms with Crippen LogP contribution in [0.1, 0.15) is 30.0 Å². The summed E-state index contributed by atoms with van der Waals surface area (Å²) in [7, 11) is 0. The van der Waals surface area contributed by atoms with E-state index in [9.17, 15) is 0 Å². The molecule has 21 heavy (non-hydrogen) atoms. The zero-order chi connectivity index (χ0) is 14.5. The van der Waals surface area contributed by atoms with E-state index in [4.69, 9.17) is 5.11 Å². The van der Waals surface area contributed by atoms with E-state index in [1.807, 2.05) is 23.1 Å². The molecule has 112 valence electrons. The number of aromatic nitrogens is 2. The fraction of sp³-hybridized carbons (Fsp3) is 0.471. The minimum atomic E-state index is 0.257. The minimum absolute atomic E-state index is 0.257. The van der Waals surface area contributed by atoms with Gasteiger partial charge in [0, 0.05) is 38.1 Å². The number of aliphatic hydroxyl groups is 1. The highest BCUT2D eigenvalue weighted by Crippen LogP contribution is 2.35. The highest BCUT2D eigenvalue weighted by Gasteiger charge is 2.27. The lowest BCUT2D eigenvalue weighted by Crippen LogP contribution is -2.32. The molecule has 0 saturated heterocycles. The molecular formula is C17H23N3O. The molecule has 1 atom stereocenters. The Bertz CT molecular complexity index is 553. The molecule has 1 unspecified atom stereocenters. The van der Waals surface area contributed by atoms with Gasteiger partial charge in [-0.25, -0.2) is 0 Å². The largest absolute Gasteiger partial charge is 0.396 e. The normalized spacial score (nSPS) is 17.3. The Kier molecular flexibility index (Phi) is 4.68. The standard InChI is InChI=1S/C17H23N3O/c21-14-4-10-19(12-13-20-11-3-9-18-20)17-8-7-15-5-1-2-6-16(15)17/h1-3,5-6,9,11,17,21H,4,7-8,10,12-14H2. The van der Waals surface area contributed by atoms with Gasteiger partial charge in [-0.3, -0.25) is 9.58 Å². The van der Waals surface area contributed by atoms with Crippen LogP contribution in [0.4, 0.5) is 0 Å². The van der Waals surface area contributed by atoms with E-state index in [0.29, 0.717) is 6.04 Å². The van der Waals surface area contributed by atoms with Crippen molar-refractivity contribution in [1.29, 1.82) is 0 Å². The minimum Gasteiger partial charge on any atom is -0.396 e. The Hall–Kier alpha value is -1.65. The number of nitrogens with zero attached hydrogens (tertiary/aromatic N) is 3. The monoisotopic (exact) mass is 285 g/mol. The molecule has 0 spiro atoms. The highest BCUT2D eigenvalue weighted by atomic mass is 16.3. The van der Waals surface area contributed by atoms with Gasteiger partial charge in [-0.1, -0.05) is 24.3 Å². The third-order valence-electron chi connectivity index (χ3n) is 4.32. The molecule has 4 heteroatoms. The second kappa shape index (κ2) is 6.87. The van der Waals surface area contributed by atoms with Crippen LogP contribution in [0.15, 0.2) is 42.7 Å². The molecule has 1 N–H and O–H groups in total. The first-order valence-electron chi connectivity index (χ1n) is 7.78. The van der Waals surface area contributed by atoms with Crippen molar-refractivity contribution in [2.45, 2.75) is 31.8 Å². The predicted molar refractivity (Wildman–Crippen MR) is 83.0 cm³/mol. The molecule has 3 rings (SSSR count). The second-order valence-electron chi connectivity index (χ2n) is 5.64. The van der Waals surface area contributed by atoms with E-state index in [2.05, 4.69) is 34.3 Å². The van der Waals surface area contributed by atoms with Crippen LogP contribution in [0.3, 0.4) is 0 Å². The number of aryl methyl sites for hydroxylation is 1. The molecule has 0 fully saturated rings. The Morgan fingerprint density at radius 1 is 1.24 bits per heavy atom. The fourth-order valence-electron chi connectivity index (χ4n) is 3.27. The van der Waals surface area contributed by atoms with Gasteiger partial charge in [0.1, 0.15) is 0 Å². The van der Waals surface area contributed by atoms with Gasteiger partial charge in [0.05, 0.1) is 6.54 Å². The summed E-state index contributed by atoms with van der Waals surface area (Å²) < 4.78 is 1.98. The van der Waals surface area contributed by atoms with Crippen molar-refractivity contribution in [1.82, 2.24) is 14.7 Å². The zero-order valence-electron chi connectivity index (χ0n) is 12.4. The van der Waals surface area contributed by atoms with Gasteiger partial charge in [0.25, 0.3) is 0 Å². The third kappa shape index (κ3) is 3.34. The molecule has 1 aromatic carbocycles. The number of aliphatic hydroxyl groups excluding tert-OH is 1. The Balaban J connectivity index is 1.70. The summed E-state index contributed by atoms with van der Waals surface area (Å²) in [6.07, 6.45) is 7.01. The van der Waals surface area contributed by atoms with Gasteiger partial charge in [-0.15, -0.1) is 0 Å². The van der Waals surface area contributed by atoms with Crippen LogP contribution in [0.2, 0.25) is 0 Å². The molecule has 1 aliphatic carbocycles. The van der Waals surface area contributed by atoms with Gasteiger partial charge in [0.15, 0.2) is 0 Å². The first-order chi connectivity index (χ1) is 10.4. The lowest BCUT2D eigenvalue weighted by Gasteiger charge is -2.29. The Labute approximate surface area is 126 Å². The maximum Gasteiger partial charge on any atom is 0.0536 e. The van der Waals surface area contributed by atoms with E-state index < -0.39 is 0 Å². The van der Waals surface area contributed by atoms with Crippen molar-refractivity contribution in [3.05, 3.63) is 53.9 Å². The molecular weight excluding hydrogens is 262 g/mol. The van der Waals surface area contributed by atoms with E-state index in [1.165, 1.54) is 17.5 Å². The number of benzene rings is 1. The quantitative estimate of drug-likeness (QED) is 0.848. The lowest BCUT2D eigenvalue weighted by atomic mass is 10.1. The highest BCUT2D eigenvalue weighted by molar-refractivity contribution is 5.34. The van der Waals surface area contributed by atoms with Crippen LogP contribution in [0.25, 0.3) is 0 Å². The summed E-state index contributed by atoms with van der Waals surface area (Å²) >= 11 is 0. The van der Waals surface area contributed by atoms with E-state index >= 15 is 0 Å². The van der Waals surface area contributed by atoms with Crippen molar-refractivity contribution in [3.63, 3.8) is 0 Å². The number of hydrogen-bond donors (Lipinski definition) is 1. The SMILES string of the molecule is OCCCN(CCn1cccn1)C1CCc2ccccc21. The maximum atomic E-state index is 9.16. The van der Waals surface area contributed by atoms with Gasteiger partial charge in [-0.2, -0.15) is 5.10 Å². The summed E-state index contributed by atoms with van der Waals surface area (Å²) in [5.41, 5.74) is 2.95. The predicted octanol–water partition coefficient (Wildman–Crippen LogP) is 2.25.